The Morgan fingerprint density at radius 1 is 1.50 bits per heavy atom. The van der Waals surface area contributed by atoms with Crippen LogP contribution in [-0.2, 0) is 4.79 Å². The predicted molar refractivity (Wildman–Crippen MR) is 75.7 cm³/mol. The van der Waals surface area contributed by atoms with E-state index in [1.54, 1.807) is 0 Å². The Hall–Kier alpha value is -1.16. The number of allylic oxidation sites excluding steroid dienone is 2. The van der Waals surface area contributed by atoms with E-state index < -0.39 is 0 Å². The van der Waals surface area contributed by atoms with Gasteiger partial charge in [0.25, 0.3) is 0 Å². The maximum atomic E-state index is 12.2. The summed E-state index contributed by atoms with van der Waals surface area (Å²) >= 11 is 1.48. The number of hydrogen-bond donors (Lipinski definition) is 1. The lowest BCUT2D eigenvalue weighted by molar-refractivity contribution is -0.118. The highest BCUT2D eigenvalue weighted by atomic mass is 32.1. The Morgan fingerprint density at radius 2 is 2.17 bits per heavy atom. The zero-order chi connectivity index (χ0) is 13.5. The number of anilines is 1. The van der Waals surface area contributed by atoms with Crippen LogP contribution in [0.5, 0.6) is 0 Å². The largest absolute Gasteiger partial charge is 0.302 e. The molecule has 0 aromatic carbocycles. The molecule has 1 heterocycles. The molecule has 3 nitrogen and oxygen atoms in total. The van der Waals surface area contributed by atoms with E-state index in [4.69, 9.17) is 0 Å². The number of thiazole rings is 1. The van der Waals surface area contributed by atoms with Gasteiger partial charge < -0.3 is 5.32 Å². The summed E-state index contributed by atoms with van der Waals surface area (Å²) in [5.41, 5.74) is 2.29. The fourth-order valence-corrected chi connectivity index (χ4v) is 3.13. The Bertz CT molecular complexity index is 498. The van der Waals surface area contributed by atoms with Crippen molar-refractivity contribution in [2.45, 2.75) is 34.6 Å². The van der Waals surface area contributed by atoms with Crippen molar-refractivity contribution in [3.05, 3.63) is 22.7 Å². The topological polar surface area (TPSA) is 42.0 Å². The summed E-state index contributed by atoms with van der Waals surface area (Å²) in [6.07, 6.45) is 2.21. The molecule has 0 aliphatic heterocycles. The molecule has 98 valence electrons. The number of nitrogens with one attached hydrogen (secondary N) is 1. The van der Waals surface area contributed by atoms with Gasteiger partial charge >= 0.3 is 0 Å². The predicted octanol–water partition coefficient (Wildman–Crippen LogP) is 3.63. The second-order valence-corrected chi connectivity index (χ2v) is 6.71. The molecule has 1 amide bonds. The minimum absolute atomic E-state index is 0.0632. The molecule has 1 aromatic heterocycles. The lowest BCUT2D eigenvalue weighted by Gasteiger charge is -2.02. The van der Waals surface area contributed by atoms with Gasteiger partial charge in [-0.05, 0) is 32.1 Å². The van der Waals surface area contributed by atoms with Gasteiger partial charge in [0.15, 0.2) is 5.13 Å². The van der Waals surface area contributed by atoms with E-state index in [1.165, 1.54) is 16.9 Å². The minimum Gasteiger partial charge on any atom is -0.302 e. The number of carbonyl (C=O) groups excluding carboxylic acids is 1. The summed E-state index contributed by atoms with van der Waals surface area (Å²) in [7, 11) is 0. The number of nitrogens with zero attached hydrogens (tertiary/aromatic N) is 1. The van der Waals surface area contributed by atoms with Crippen LogP contribution in [0.2, 0.25) is 0 Å². The Kier molecular flexibility index (Phi) is 3.32. The fraction of sp³-hybridized carbons (Fsp3) is 0.571. The van der Waals surface area contributed by atoms with Crippen molar-refractivity contribution in [2.75, 3.05) is 5.32 Å². The van der Waals surface area contributed by atoms with Gasteiger partial charge in [-0.3, -0.25) is 4.79 Å². The van der Waals surface area contributed by atoms with Crippen molar-refractivity contribution in [3.63, 3.8) is 0 Å². The number of carbonyl (C=O) groups is 1. The number of amides is 1. The molecule has 2 rings (SSSR count). The molecule has 1 aliphatic rings. The Balaban J connectivity index is 2.05. The highest BCUT2D eigenvalue weighted by Gasteiger charge is 2.60. The first-order valence-electron chi connectivity index (χ1n) is 6.20. The smallest absolute Gasteiger partial charge is 0.230 e. The first-order chi connectivity index (χ1) is 8.32. The van der Waals surface area contributed by atoms with Gasteiger partial charge in [0.1, 0.15) is 0 Å². The van der Waals surface area contributed by atoms with Crippen LogP contribution < -0.4 is 5.32 Å². The van der Waals surface area contributed by atoms with Crippen molar-refractivity contribution in [1.82, 2.24) is 4.98 Å². The molecule has 1 N–H and O–H groups in total. The molecule has 2 unspecified atom stereocenters. The monoisotopic (exact) mass is 264 g/mol. The highest BCUT2D eigenvalue weighted by Crippen LogP contribution is 2.59. The zero-order valence-electron chi connectivity index (χ0n) is 11.6. The lowest BCUT2D eigenvalue weighted by atomic mass is 10.1. The maximum absolute atomic E-state index is 12.2. The SMILES string of the molecule is CC(C)=CC1C(C(=O)Nc2nc(C)cs2)C1(C)C. The van der Waals surface area contributed by atoms with Crippen LogP contribution in [0.4, 0.5) is 5.13 Å². The van der Waals surface area contributed by atoms with E-state index in [-0.39, 0.29) is 17.2 Å². The molecule has 1 aromatic rings. The van der Waals surface area contributed by atoms with Gasteiger partial charge in [-0.25, -0.2) is 4.98 Å². The van der Waals surface area contributed by atoms with E-state index in [2.05, 4.69) is 44.1 Å². The third-order valence-electron chi connectivity index (χ3n) is 3.56. The molecule has 18 heavy (non-hydrogen) atoms. The average Bonchev–Trinajstić information content (AvgIpc) is 2.56. The van der Waals surface area contributed by atoms with E-state index in [9.17, 15) is 4.79 Å². The number of aryl methyl sites for hydroxylation is 1. The average molecular weight is 264 g/mol. The van der Waals surface area contributed by atoms with Crippen molar-refractivity contribution in [3.8, 4) is 0 Å². The highest BCUT2D eigenvalue weighted by molar-refractivity contribution is 7.13. The molecule has 1 aliphatic carbocycles. The van der Waals surface area contributed by atoms with Gasteiger partial charge in [0.2, 0.25) is 5.91 Å². The minimum atomic E-state index is 0.0632. The first kappa shape index (κ1) is 13.3. The Labute approximate surface area is 112 Å². The second-order valence-electron chi connectivity index (χ2n) is 5.85. The summed E-state index contributed by atoms with van der Waals surface area (Å²) in [5, 5.41) is 5.57. The molecule has 0 spiro atoms. The van der Waals surface area contributed by atoms with E-state index in [0.717, 1.165) is 5.69 Å². The quantitative estimate of drug-likeness (QED) is 0.847. The van der Waals surface area contributed by atoms with Crippen LogP contribution in [0.25, 0.3) is 0 Å². The van der Waals surface area contributed by atoms with Gasteiger partial charge in [-0.2, -0.15) is 0 Å². The van der Waals surface area contributed by atoms with Gasteiger partial charge in [0, 0.05) is 5.38 Å². The van der Waals surface area contributed by atoms with Gasteiger partial charge in [-0.15, -0.1) is 11.3 Å². The van der Waals surface area contributed by atoms with Gasteiger partial charge in [-0.1, -0.05) is 25.5 Å². The van der Waals surface area contributed by atoms with Crippen LogP contribution in [0.1, 0.15) is 33.4 Å². The van der Waals surface area contributed by atoms with Crippen LogP contribution in [0, 0.1) is 24.2 Å². The summed E-state index contributed by atoms with van der Waals surface area (Å²) in [6.45, 7) is 10.4. The molecule has 0 bridgehead atoms. The lowest BCUT2D eigenvalue weighted by Crippen LogP contribution is -2.16. The summed E-state index contributed by atoms with van der Waals surface area (Å²) in [5.74, 6) is 0.511. The molecule has 4 heteroatoms. The summed E-state index contributed by atoms with van der Waals surface area (Å²) < 4.78 is 0. The molecule has 2 atom stereocenters. The van der Waals surface area contributed by atoms with E-state index >= 15 is 0 Å². The van der Waals surface area contributed by atoms with Crippen molar-refractivity contribution in [1.29, 1.82) is 0 Å². The van der Waals surface area contributed by atoms with Crippen LogP contribution >= 0.6 is 11.3 Å². The standard InChI is InChI=1S/C14H20N2OS/c1-8(2)6-10-11(14(10,4)5)12(17)16-13-15-9(3)7-18-13/h6-7,10-11H,1-5H3,(H,15,16,17). The third kappa shape index (κ3) is 2.48. The molecule has 0 saturated heterocycles. The van der Waals surface area contributed by atoms with Crippen molar-refractivity contribution in [2.24, 2.45) is 17.3 Å². The maximum Gasteiger partial charge on any atom is 0.230 e. The zero-order valence-corrected chi connectivity index (χ0v) is 12.4. The number of rotatable bonds is 3. The molecular formula is C14H20N2OS. The van der Waals surface area contributed by atoms with E-state index in [1.807, 2.05) is 12.3 Å². The summed E-state index contributed by atoms with van der Waals surface area (Å²) in [4.78, 5) is 16.5. The number of hydrogen-bond acceptors (Lipinski definition) is 3. The number of aromatic nitrogens is 1. The van der Waals surface area contributed by atoms with Crippen molar-refractivity contribution < 1.29 is 4.79 Å². The molecule has 0 radical (unpaired) electrons. The van der Waals surface area contributed by atoms with Crippen LogP contribution in [-0.4, -0.2) is 10.9 Å². The molecule has 1 saturated carbocycles. The van der Waals surface area contributed by atoms with Crippen molar-refractivity contribution >= 4 is 22.4 Å². The van der Waals surface area contributed by atoms with Crippen LogP contribution in [0.15, 0.2) is 17.0 Å². The second kappa shape index (κ2) is 4.50. The normalized spacial score (nSPS) is 24.5. The first-order valence-corrected chi connectivity index (χ1v) is 7.08. The fourth-order valence-electron chi connectivity index (χ4n) is 2.44. The molecule has 1 fully saturated rings. The van der Waals surface area contributed by atoms with E-state index in [0.29, 0.717) is 11.0 Å². The van der Waals surface area contributed by atoms with Gasteiger partial charge in [0.05, 0.1) is 11.6 Å². The third-order valence-corrected chi connectivity index (χ3v) is 4.43. The molecular weight excluding hydrogens is 244 g/mol. The summed E-state index contributed by atoms with van der Waals surface area (Å²) in [6, 6.07) is 0. The van der Waals surface area contributed by atoms with Crippen LogP contribution in [0.3, 0.4) is 0 Å². The Morgan fingerprint density at radius 3 is 2.67 bits per heavy atom.